The fraction of sp³-hybridized carbons (Fsp3) is 0.571. The first kappa shape index (κ1) is 15.0. The Balaban J connectivity index is 2.37. The van der Waals surface area contributed by atoms with E-state index < -0.39 is 0 Å². The summed E-state index contributed by atoms with van der Waals surface area (Å²) in [6.45, 7) is 2.19. The van der Waals surface area contributed by atoms with Crippen LogP contribution in [0.1, 0.15) is 44.6 Å². The van der Waals surface area contributed by atoms with Crippen molar-refractivity contribution in [3.63, 3.8) is 0 Å². The molecule has 0 aliphatic heterocycles. The molecule has 0 fully saturated rings. The van der Waals surface area contributed by atoms with Crippen molar-refractivity contribution in [3.8, 4) is 0 Å². The molecule has 0 amide bonds. The van der Waals surface area contributed by atoms with Crippen molar-refractivity contribution in [2.24, 2.45) is 0 Å². The third-order valence-electron chi connectivity index (χ3n) is 2.86. The Hall–Kier alpha value is -0.0500. The number of benzene rings is 1. The monoisotopic (exact) mass is 318 g/mol. The van der Waals surface area contributed by atoms with Gasteiger partial charge in [-0.1, -0.05) is 66.2 Å². The predicted octanol–water partition coefficient (Wildman–Crippen LogP) is 4.98. The zero-order valence-electron chi connectivity index (χ0n) is 10.3. The van der Waals surface area contributed by atoms with Gasteiger partial charge in [-0.3, -0.25) is 0 Å². The van der Waals surface area contributed by atoms with Crippen molar-refractivity contribution in [3.05, 3.63) is 33.3 Å². The van der Waals surface area contributed by atoms with E-state index in [0.717, 1.165) is 27.9 Å². The quantitative estimate of drug-likeness (QED) is 0.703. The van der Waals surface area contributed by atoms with Gasteiger partial charge in [-0.25, -0.2) is 0 Å². The smallest absolute Gasteiger partial charge is 0.0581 e. The van der Waals surface area contributed by atoms with Crippen molar-refractivity contribution >= 4 is 27.5 Å². The van der Waals surface area contributed by atoms with E-state index in [1.807, 2.05) is 18.2 Å². The molecule has 96 valence electrons. The lowest BCUT2D eigenvalue weighted by atomic mass is 10.0. The van der Waals surface area contributed by atoms with Crippen LogP contribution < -0.4 is 0 Å². The molecule has 1 aromatic rings. The molecule has 0 aliphatic rings. The molecule has 17 heavy (non-hydrogen) atoms. The topological polar surface area (TPSA) is 20.2 Å². The van der Waals surface area contributed by atoms with E-state index in [2.05, 4.69) is 22.9 Å². The zero-order chi connectivity index (χ0) is 12.7. The number of aliphatic hydroxyl groups is 1. The van der Waals surface area contributed by atoms with Gasteiger partial charge in [-0.05, 0) is 30.5 Å². The molecule has 0 spiro atoms. The molecule has 0 heterocycles. The lowest BCUT2D eigenvalue weighted by Gasteiger charge is -2.11. The van der Waals surface area contributed by atoms with Crippen molar-refractivity contribution in [2.75, 3.05) is 0 Å². The SMILES string of the molecule is CCCCCCC(O)Cc1ccc(Br)cc1Cl. The summed E-state index contributed by atoms with van der Waals surface area (Å²) < 4.78 is 0.976. The van der Waals surface area contributed by atoms with Crippen LogP contribution in [0.15, 0.2) is 22.7 Å². The Morgan fingerprint density at radius 1 is 1.29 bits per heavy atom. The van der Waals surface area contributed by atoms with Crippen LogP contribution in [0, 0.1) is 0 Å². The standard InChI is InChI=1S/C14H20BrClO/c1-2-3-4-5-6-13(17)9-11-7-8-12(15)10-14(11)16/h7-8,10,13,17H,2-6,9H2,1H3. The Morgan fingerprint density at radius 2 is 2.06 bits per heavy atom. The Kier molecular flexibility index (Phi) is 7.17. The molecule has 1 aromatic carbocycles. The first-order chi connectivity index (χ1) is 8.13. The van der Waals surface area contributed by atoms with Crippen LogP contribution in [0.5, 0.6) is 0 Å². The maximum atomic E-state index is 9.93. The molecule has 3 heteroatoms. The van der Waals surface area contributed by atoms with E-state index in [1.54, 1.807) is 0 Å². The van der Waals surface area contributed by atoms with Crippen LogP contribution in [0.25, 0.3) is 0 Å². The predicted molar refractivity (Wildman–Crippen MR) is 77.6 cm³/mol. The lowest BCUT2D eigenvalue weighted by Crippen LogP contribution is -2.10. The highest BCUT2D eigenvalue weighted by molar-refractivity contribution is 9.10. The van der Waals surface area contributed by atoms with Gasteiger partial charge in [0.1, 0.15) is 0 Å². The summed E-state index contributed by atoms with van der Waals surface area (Å²) in [5.41, 5.74) is 1.03. The third-order valence-corrected chi connectivity index (χ3v) is 3.71. The van der Waals surface area contributed by atoms with Crippen molar-refractivity contribution in [1.82, 2.24) is 0 Å². The van der Waals surface area contributed by atoms with E-state index in [1.165, 1.54) is 19.3 Å². The van der Waals surface area contributed by atoms with Gasteiger partial charge >= 0.3 is 0 Å². The van der Waals surface area contributed by atoms with E-state index in [-0.39, 0.29) is 6.10 Å². The molecule has 0 saturated heterocycles. The second-order valence-corrected chi connectivity index (χ2v) is 5.77. The van der Waals surface area contributed by atoms with Crippen LogP contribution >= 0.6 is 27.5 Å². The summed E-state index contributed by atoms with van der Waals surface area (Å²) in [7, 11) is 0. The average molecular weight is 320 g/mol. The molecule has 1 nitrogen and oxygen atoms in total. The molecular weight excluding hydrogens is 300 g/mol. The number of hydrogen-bond acceptors (Lipinski definition) is 1. The van der Waals surface area contributed by atoms with Gasteiger partial charge in [-0.2, -0.15) is 0 Å². The van der Waals surface area contributed by atoms with E-state index in [9.17, 15) is 5.11 Å². The minimum absolute atomic E-state index is 0.273. The second kappa shape index (κ2) is 8.12. The maximum Gasteiger partial charge on any atom is 0.0581 e. The summed E-state index contributed by atoms with van der Waals surface area (Å²) in [5, 5.41) is 10.7. The van der Waals surface area contributed by atoms with Crippen LogP contribution in [-0.2, 0) is 6.42 Å². The molecule has 0 aromatic heterocycles. The highest BCUT2D eigenvalue weighted by Gasteiger charge is 2.08. The van der Waals surface area contributed by atoms with Gasteiger partial charge < -0.3 is 5.11 Å². The molecule has 1 unspecified atom stereocenters. The number of hydrogen-bond donors (Lipinski definition) is 1. The molecule has 1 rings (SSSR count). The second-order valence-electron chi connectivity index (χ2n) is 4.44. The van der Waals surface area contributed by atoms with Crippen LogP contribution in [0.2, 0.25) is 5.02 Å². The van der Waals surface area contributed by atoms with Crippen LogP contribution in [0.3, 0.4) is 0 Å². The molecule has 0 radical (unpaired) electrons. The number of halogens is 2. The number of aliphatic hydroxyl groups excluding tert-OH is 1. The molecular formula is C14H20BrClO. The molecule has 0 saturated carbocycles. The Morgan fingerprint density at radius 3 is 2.71 bits per heavy atom. The highest BCUT2D eigenvalue weighted by Crippen LogP contribution is 2.23. The van der Waals surface area contributed by atoms with Gasteiger partial charge in [0.2, 0.25) is 0 Å². The number of unbranched alkanes of at least 4 members (excludes halogenated alkanes) is 3. The van der Waals surface area contributed by atoms with E-state index in [4.69, 9.17) is 11.6 Å². The minimum Gasteiger partial charge on any atom is -0.393 e. The van der Waals surface area contributed by atoms with Crippen molar-refractivity contribution < 1.29 is 5.11 Å². The summed E-state index contributed by atoms with van der Waals surface area (Å²) in [5.74, 6) is 0. The first-order valence-electron chi connectivity index (χ1n) is 6.25. The molecule has 1 atom stereocenters. The van der Waals surface area contributed by atoms with Gasteiger partial charge in [0.25, 0.3) is 0 Å². The van der Waals surface area contributed by atoms with Crippen molar-refractivity contribution in [2.45, 2.75) is 51.6 Å². The number of rotatable bonds is 7. The van der Waals surface area contributed by atoms with Gasteiger partial charge in [0.15, 0.2) is 0 Å². The summed E-state index contributed by atoms with van der Waals surface area (Å²) in [4.78, 5) is 0. The minimum atomic E-state index is -0.273. The molecule has 0 aliphatic carbocycles. The fourth-order valence-electron chi connectivity index (χ4n) is 1.85. The summed E-state index contributed by atoms with van der Waals surface area (Å²) in [6.07, 6.45) is 6.04. The highest BCUT2D eigenvalue weighted by atomic mass is 79.9. The average Bonchev–Trinajstić information content (AvgIpc) is 2.28. The Bertz CT molecular complexity index is 341. The van der Waals surface area contributed by atoms with Crippen molar-refractivity contribution in [1.29, 1.82) is 0 Å². The third kappa shape index (κ3) is 5.89. The van der Waals surface area contributed by atoms with Gasteiger partial charge in [-0.15, -0.1) is 0 Å². The largest absolute Gasteiger partial charge is 0.393 e. The maximum absolute atomic E-state index is 9.93. The zero-order valence-corrected chi connectivity index (χ0v) is 12.6. The van der Waals surface area contributed by atoms with E-state index >= 15 is 0 Å². The fourth-order valence-corrected chi connectivity index (χ4v) is 2.60. The Labute approximate surface area is 117 Å². The van der Waals surface area contributed by atoms with E-state index in [0.29, 0.717) is 6.42 Å². The summed E-state index contributed by atoms with van der Waals surface area (Å²) >= 11 is 9.49. The van der Waals surface area contributed by atoms with Crippen LogP contribution in [0.4, 0.5) is 0 Å². The van der Waals surface area contributed by atoms with Crippen LogP contribution in [-0.4, -0.2) is 11.2 Å². The molecule has 0 bridgehead atoms. The van der Waals surface area contributed by atoms with Gasteiger partial charge in [0, 0.05) is 9.50 Å². The summed E-state index contributed by atoms with van der Waals surface area (Å²) in [6, 6.07) is 5.81. The molecule has 1 N–H and O–H groups in total. The first-order valence-corrected chi connectivity index (χ1v) is 7.42. The lowest BCUT2D eigenvalue weighted by molar-refractivity contribution is 0.161. The van der Waals surface area contributed by atoms with Gasteiger partial charge in [0.05, 0.1) is 6.10 Å². The normalized spacial score (nSPS) is 12.7.